The van der Waals surface area contributed by atoms with Crippen molar-refractivity contribution in [3.63, 3.8) is 0 Å². The molecule has 0 radical (unpaired) electrons. The third kappa shape index (κ3) is 4.98. The normalized spacial score (nSPS) is 10.8. The molecule has 0 aliphatic heterocycles. The number of benzene rings is 2. The van der Waals surface area contributed by atoms with Gasteiger partial charge in [-0.15, -0.1) is 11.3 Å². The minimum Gasteiger partial charge on any atom is -0.359 e. The molecule has 0 atom stereocenters. The average molecular weight is 352 g/mol. The van der Waals surface area contributed by atoms with E-state index in [4.69, 9.17) is 4.74 Å². The zero-order valence-corrected chi connectivity index (χ0v) is 14.8. The highest BCUT2D eigenvalue weighted by Crippen LogP contribution is 2.25. The molecule has 25 heavy (non-hydrogen) atoms. The van der Waals surface area contributed by atoms with Crippen LogP contribution >= 0.6 is 11.3 Å². The van der Waals surface area contributed by atoms with E-state index < -0.39 is 0 Å². The molecule has 3 aromatic rings. The Morgan fingerprint density at radius 2 is 1.68 bits per heavy atom. The Morgan fingerprint density at radius 3 is 2.20 bits per heavy atom. The number of nitrogens with zero attached hydrogens (tertiary/aromatic N) is 1. The zero-order chi connectivity index (χ0) is 17.5. The number of hydrogen-bond donors (Lipinski definition) is 1. The van der Waals surface area contributed by atoms with E-state index in [-0.39, 0.29) is 18.6 Å². The molecule has 1 amide bonds. The summed E-state index contributed by atoms with van der Waals surface area (Å²) < 4.78 is 5.94. The monoisotopic (exact) mass is 352 g/mol. The first kappa shape index (κ1) is 17.3. The van der Waals surface area contributed by atoms with Gasteiger partial charge in [-0.3, -0.25) is 4.79 Å². The van der Waals surface area contributed by atoms with Crippen LogP contribution in [0.4, 0.5) is 0 Å². The number of carbonyl (C=O) groups excluding carboxylic acids is 1. The van der Waals surface area contributed by atoms with Crippen LogP contribution in [0, 0.1) is 6.92 Å². The molecule has 0 bridgehead atoms. The lowest BCUT2D eigenvalue weighted by molar-refractivity contribution is -0.127. The second-order valence-corrected chi connectivity index (χ2v) is 6.61. The second kappa shape index (κ2) is 8.55. The number of ether oxygens (including phenoxy) is 1. The molecule has 0 aliphatic carbocycles. The Labute approximate surface area is 151 Å². The van der Waals surface area contributed by atoms with E-state index in [2.05, 4.69) is 10.3 Å². The van der Waals surface area contributed by atoms with Gasteiger partial charge in [0.2, 0.25) is 5.91 Å². The molecule has 2 aromatic carbocycles. The standard InChI is InChI=1S/C20H20N2O2S/c1-15-14-25-19(22-15)12-21-18(23)13-24-20(16-8-4-2-5-9-16)17-10-6-3-7-11-17/h2-11,14,20H,12-13H2,1H3,(H,21,23). The van der Waals surface area contributed by atoms with Crippen LogP contribution in [0.25, 0.3) is 0 Å². The van der Waals surface area contributed by atoms with Gasteiger partial charge in [0.05, 0.1) is 6.54 Å². The SMILES string of the molecule is Cc1csc(CNC(=O)COC(c2ccccc2)c2ccccc2)n1. The molecule has 128 valence electrons. The van der Waals surface area contributed by atoms with Crippen LogP contribution in [0.5, 0.6) is 0 Å². The molecule has 0 fully saturated rings. The van der Waals surface area contributed by atoms with Crippen molar-refractivity contribution in [2.75, 3.05) is 6.61 Å². The third-order valence-corrected chi connectivity index (χ3v) is 4.66. The van der Waals surface area contributed by atoms with Gasteiger partial charge in [0.1, 0.15) is 17.7 Å². The Balaban J connectivity index is 1.61. The highest BCUT2D eigenvalue weighted by Gasteiger charge is 2.16. The molecule has 1 N–H and O–H groups in total. The lowest BCUT2D eigenvalue weighted by Crippen LogP contribution is -2.28. The number of aryl methyl sites for hydroxylation is 1. The van der Waals surface area contributed by atoms with Crippen LogP contribution in [0.1, 0.15) is 27.9 Å². The minimum absolute atomic E-state index is 0.00118. The Morgan fingerprint density at radius 1 is 1.08 bits per heavy atom. The summed E-state index contributed by atoms with van der Waals surface area (Å²) in [6.45, 7) is 2.37. The van der Waals surface area contributed by atoms with Crippen LogP contribution < -0.4 is 5.32 Å². The summed E-state index contributed by atoms with van der Waals surface area (Å²) in [4.78, 5) is 16.5. The molecule has 0 spiro atoms. The number of rotatable bonds is 7. The molecule has 1 heterocycles. The molecule has 0 saturated carbocycles. The zero-order valence-electron chi connectivity index (χ0n) is 14.0. The van der Waals surface area contributed by atoms with Crippen LogP contribution in [0.3, 0.4) is 0 Å². The maximum atomic E-state index is 12.1. The maximum Gasteiger partial charge on any atom is 0.246 e. The van der Waals surface area contributed by atoms with Gasteiger partial charge < -0.3 is 10.1 Å². The molecule has 4 nitrogen and oxygen atoms in total. The first-order valence-electron chi connectivity index (χ1n) is 8.11. The predicted molar refractivity (Wildman–Crippen MR) is 99.4 cm³/mol. The summed E-state index contributed by atoms with van der Waals surface area (Å²) in [5, 5.41) is 5.72. The number of amides is 1. The summed E-state index contributed by atoms with van der Waals surface area (Å²) in [5.74, 6) is -0.148. The number of aromatic nitrogens is 1. The fourth-order valence-electron chi connectivity index (χ4n) is 2.51. The van der Waals surface area contributed by atoms with Gasteiger partial charge >= 0.3 is 0 Å². The predicted octanol–water partition coefficient (Wildman–Crippen LogP) is 3.87. The van der Waals surface area contributed by atoms with Crippen molar-refractivity contribution in [3.8, 4) is 0 Å². The summed E-state index contributed by atoms with van der Waals surface area (Å²) in [6.07, 6.45) is -0.268. The van der Waals surface area contributed by atoms with E-state index in [1.165, 1.54) is 0 Å². The lowest BCUT2D eigenvalue weighted by Gasteiger charge is -2.18. The number of thiazole rings is 1. The van der Waals surface area contributed by atoms with Crippen LogP contribution in [-0.2, 0) is 16.1 Å². The average Bonchev–Trinajstić information content (AvgIpc) is 3.07. The second-order valence-electron chi connectivity index (χ2n) is 5.67. The van der Waals surface area contributed by atoms with E-state index in [1.54, 1.807) is 11.3 Å². The summed E-state index contributed by atoms with van der Waals surface area (Å²) in [7, 11) is 0. The molecular weight excluding hydrogens is 332 g/mol. The molecule has 1 aromatic heterocycles. The number of nitrogens with one attached hydrogen (secondary N) is 1. The van der Waals surface area contributed by atoms with E-state index >= 15 is 0 Å². The van der Waals surface area contributed by atoms with E-state index in [9.17, 15) is 4.79 Å². The lowest BCUT2D eigenvalue weighted by atomic mass is 10.0. The third-order valence-electron chi connectivity index (χ3n) is 3.69. The molecule has 0 saturated heterocycles. The summed E-state index contributed by atoms with van der Waals surface area (Å²) >= 11 is 1.54. The molecule has 0 unspecified atom stereocenters. The molecule has 0 aliphatic rings. The van der Waals surface area contributed by atoms with Crippen LogP contribution in [0.15, 0.2) is 66.0 Å². The van der Waals surface area contributed by atoms with Crippen molar-refractivity contribution in [3.05, 3.63) is 87.9 Å². The van der Waals surface area contributed by atoms with E-state index in [0.29, 0.717) is 6.54 Å². The van der Waals surface area contributed by atoms with Gasteiger partial charge in [0.25, 0.3) is 0 Å². The quantitative estimate of drug-likeness (QED) is 0.702. The van der Waals surface area contributed by atoms with Crippen molar-refractivity contribution in [1.82, 2.24) is 10.3 Å². The van der Waals surface area contributed by atoms with Crippen molar-refractivity contribution in [1.29, 1.82) is 0 Å². The fraction of sp³-hybridized carbons (Fsp3) is 0.200. The van der Waals surface area contributed by atoms with Crippen molar-refractivity contribution in [2.45, 2.75) is 19.6 Å². The van der Waals surface area contributed by atoms with E-state index in [1.807, 2.05) is 73.0 Å². The van der Waals surface area contributed by atoms with Gasteiger partial charge in [-0.1, -0.05) is 60.7 Å². The minimum atomic E-state index is -0.268. The highest BCUT2D eigenvalue weighted by molar-refractivity contribution is 7.09. The molecule has 5 heteroatoms. The smallest absolute Gasteiger partial charge is 0.246 e. The van der Waals surface area contributed by atoms with Gasteiger partial charge in [-0.2, -0.15) is 0 Å². The van der Waals surface area contributed by atoms with Crippen LogP contribution in [0.2, 0.25) is 0 Å². The first-order valence-corrected chi connectivity index (χ1v) is 8.99. The Kier molecular flexibility index (Phi) is 5.93. The topological polar surface area (TPSA) is 51.2 Å². The summed E-state index contributed by atoms with van der Waals surface area (Å²) in [5.41, 5.74) is 3.02. The van der Waals surface area contributed by atoms with Crippen molar-refractivity contribution in [2.24, 2.45) is 0 Å². The highest BCUT2D eigenvalue weighted by atomic mass is 32.1. The largest absolute Gasteiger partial charge is 0.359 e. The number of carbonyl (C=O) groups is 1. The molecule has 3 rings (SSSR count). The van der Waals surface area contributed by atoms with Crippen molar-refractivity contribution >= 4 is 17.2 Å². The van der Waals surface area contributed by atoms with Gasteiger partial charge in [0.15, 0.2) is 0 Å². The Bertz CT molecular complexity index is 763. The molecular formula is C20H20N2O2S. The van der Waals surface area contributed by atoms with Crippen molar-refractivity contribution < 1.29 is 9.53 Å². The fourth-order valence-corrected chi connectivity index (χ4v) is 3.22. The van der Waals surface area contributed by atoms with Crippen LogP contribution in [-0.4, -0.2) is 17.5 Å². The van der Waals surface area contributed by atoms with Gasteiger partial charge in [-0.25, -0.2) is 4.98 Å². The van der Waals surface area contributed by atoms with Gasteiger partial charge in [-0.05, 0) is 18.1 Å². The summed E-state index contributed by atoms with van der Waals surface area (Å²) in [6, 6.07) is 19.9. The number of hydrogen-bond acceptors (Lipinski definition) is 4. The van der Waals surface area contributed by atoms with E-state index in [0.717, 1.165) is 21.8 Å². The first-order chi connectivity index (χ1) is 12.2. The Hall–Kier alpha value is -2.50. The maximum absolute atomic E-state index is 12.1. The van der Waals surface area contributed by atoms with Gasteiger partial charge in [0, 0.05) is 11.1 Å².